The molecule has 6 heteroatoms. The first kappa shape index (κ1) is 18.1. The minimum Gasteiger partial charge on any atom is -0.350 e. The molecule has 2 aromatic rings. The molecule has 2 amide bonds. The van der Waals surface area contributed by atoms with E-state index in [-0.39, 0.29) is 23.3 Å². The Labute approximate surface area is 146 Å². The average molecular weight is 345 g/mol. The Hall–Kier alpha value is -2.21. The zero-order valence-electron chi connectivity index (χ0n) is 14.6. The van der Waals surface area contributed by atoms with Gasteiger partial charge in [-0.15, -0.1) is 11.3 Å². The molecule has 0 bridgehead atoms. The maximum atomic E-state index is 12.5. The molecule has 0 spiro atoms. The molecule has 0 radical (unpaired) electrons. The van der Waals surface area contributed by atoms with Crippen LogP contribution in [-0.2, 0) is 5.41 Å². The topological polar surface area (TPSA) is 71.1 Å². The highest BCUT2D eigenvalue weighted by atomic mass is 32.1. The van der Waals surface area contributed by atoms with Crippen LogP contribution >= 0.6 is 11.3 Å². The normalized spacial score (nSPS) is 11.4. The summed E-state index contributed by atoms with van der Waals surface area (Å²) in [7, 11) is 0. The van der Waals surface area contributed by atoms with E-state index in [1.807, 2.05) is 13.8 Å². The van der Waals surface area contributed by atoms with Crippen molar-refractivity contribution in [3.8, 4) is 0 Å². The van der Waals surface area contributed by atoms with Crippen LogP contribution in [0, 0.1) is 0 Å². The van der Waals surface area contributed by atoms with E-state index in [1.54, 1.807) is 30.5 Å². The van der Waals surface area contributed by atoms with Crippen LogP contribution in [0.3, 0.4) is 0 Å². The van der Waals surface area contributed by atoms with Crippen molar-refractivity contribution in [3.05, 3.63) is 45.9 Å². The number of thiazole rings is 1. The van der Waals surface area contributed by atoms with Gasteiger partial charge in [0.05, 0.1) is 22.5 Å². The molecule has 0 unspecified atom stereocenters. The van der Waals surface area contributed by atoms with E-state index in [0.717, 1.165) is 5.01 Å². The third-order valence-electron chi connectivity index (χ3n) is 3.21. The quantitative estimate of drug-likeness (QED) is 0.884. The largest absolute Gasteiger partial charge is 0.350 e. The maximum Gasteiger partial charge on any atom is 0.267 e. The lowest BCUT2D eigenvalue weighted by Crippen LogP contribution is -2.31. The number of para-hydroxylation sites is 1. The van der Waals surface area contributed by atoms with Crippen molar-refractivity contribution in [2.45, 2.75) is 46.1 Å². The van der Waals surface area contributed by atoms with Gasteiger partial charge in [-0.3, -0.25) is 9.59 Å². The predicted octanol–water partition coefficient (Wildman–Crippen LogP) is 3.83. The number of carbonyl (C=O) groups excluding carboxylic acids is 2. The number of hydrogen-bond acceptors (Lipinski definition) is 4. The smallest absolute Gasteiger partial charge is 0.267 e. The summed E-state index contributed by atoms with van der Waals surface area (Å²) in [5, 5.41) is 6.55. The highest BCUT2D eigenvalue weighted by molar-refractivity contribution is 7.13. The Balaban J connectivity index is 2.21. The van der Waals surface area contributed by atoms with Crippen molar-refractivity contribution in [2.24, 2.45) is 0 Å². The molecule has 0 atom stereocenters. The van der Waals surface area contributed by atoms with Crippen molar-refractivity contribution in [1.29, 1.82) is 0 Å². The van der Waals surface area contributed by atoms with E-state index in [2.05, 4.69) is 36.4 Å². The molecule has 0 aliphatic rings. The van der Waals surface area contributed by atoms with Crippen LogP contribution in [0.5, 0.6) is 0 Å². The van der Waals surface area contributed by atoms with Crippen molar-refractivity contribution < 1.29 is 9.59 Å². The molecule has 5 nitrogen and oxygen atoms in total. The van der Waals surface area contributed by atoms with Crippen LogP contribution < -0.4 is 10.6 Å². The van der Waals surface area contributed by atoms with Crippen LogP contribution in [0.25, 0.3) is 0 Å². The van der Waals surface area contributed by atoms with Crippen molar-refractivity contribution in [1.82, 2.24) is 10.3 Å². The number of rotatable bonds is 4. The Morgan fingerprint density at radius 2 is 1.79 bits per heavy atom. The molecule has 0 saturated carbocycles. The minimum absolute atomic E-state index is 0.0251. The molecule has 0 aliphatic carbocycles. The molecular formula is C18H23N3O2S. The van der Waals surface area contributed by atoms with Gasteiger partial charge in [-0.2, -0.15) is 0 Å². The van der Waals surface area contributed by atoms with Gasteiger partial charge >= 0.3 is 0 Å². The molecule has 2 N–H and O–H groups in total. The van der Waals surface area contributed by atoms with Crippen molar-refractivity contribution in [2.75, 3.05) is 5.32 Å². The van der Waals surface area contributed by atoms with Gasteiger partial charge in [-0.1, -0.05) is 32.9 Å². The van der Waals surface area contributed by atoms with Gasteiger partial charge in [-0.25, -0.2) is 4.98 Å². The van der Waals surface area contributed by atoms with Crippen molar-refractivity contribution >= 4 is 28.8 Å². The molecule has 24 heavy (non-hydrogen) atoms. The summed E-state index contributed by atoms with van der Waals surface area (Å²) >= 11 is 1.37. The average Bonchev–Trinajstić information content (AvgIpc) is 2.97. The maximum absolute atomic E-state index is 12.5. The highest BCUT2D eigenvalue weighted by Crippen LogP contribution is 2.27. The fraction of sp³-hybridized carbons (Fsp3) is 0.389. The van der Waals surface area contributed by atoms with E-state index in [9.17, 15) is 9.59 Å². The molecule has 0 aliphatic heterocycles. The first-order chi connectivity index (χ1) is 11.2. The van der Waals surface area contributed by atoms with E-state index in [1.165, 1.54) is 11.3 Å². The second kappa shape index (κ2) is 7.13. The number of hydrogen-bond donors (Lipinski definition) is 2. The van der Waals surface area contributed by atoms with Gasteiger partial charge in [0, 0.05) is 11.5 Å². The summed E-state index contributed by atoms with van der Waals surface area (Å²) in [4.78, 5) is 29.6. The Kier molecular flexibility index (Phi) is 5.39. The zero-order chi connectivity index (χ0) is 17.9. The zero-order valence-corrected chi connectivity index (χ0v) is 15.5. The summed E-state index contributed by atoms with van der Waals surface area (Å²) in [6.45, 7) is 9.95. The number of nitrogens with zero attached hydrogens (tertiary/aromatic N) is 1. The Bertz CT molecular complexity index is 745. The monoisotopic (exact) mass is 345 g/mol. The number of anilines is 1. The van der Waals surface area contributed by atoms with Gasteiger partial charge in [-0.05, 0) is 26.0 Å². The van der Waals surface area contributed by atoms with E-state index < -0.39 is 0 Å². The van der Waals surface area contributed by atoms with Gasteiger partial charge < -0.3 is 10.6 Å². The van der Waals surface area contributed by atoms with Crippen LogP contribution in [0.4, 0.5) is 5.69 Å². The number of aromatic nitrogens is 1. The van der Waals surface area contributed by atoms with Gasteiger partial charge in [0.15, 0.2) is 0 Å². The SMILES string of the molecule is CC(C)NC(=O)c1ccccc1NC(=O)c1cnc(C(C)(C)C)s1. The fourth-order valence-corrected chi connectivity index (χ4v) is 2.91. The van der Waals surface area contributed by atoms with E-state index in [4.69, 9.17) is 0 Å². The lowest BCUT2D eigenvalue weighted by Gasteiger charge is -2.13. The number of amides is 2. The van der Waals surface area contributed by atoms with E-state index in [0.29, 0.717) is 16.1 Å². The van der Waals surface area contributed by atoms with Crippen LogP contribution in [-0.4, -0.2) is 22.8 Å². The number of carbonyl (C=O) groups is 2. The molecule has 0 saturated heterocycles. The van der Waals surface area contributed by atoms with Crippen molar-refractivity contribution in [3.63, 3.8) is 0 Å². The molecule has 128 valence electrons. The Morgan fingerprint density at radius 1 is 1.12 bits per heavy atom. The molecule has 1 aromatic heterocycles. The number of benzene rings is 1. The van der Waals surface area contributed by atoms with E-state index >= 15 is 0 Å². The highest BCUT2D eigenvalue weighted by Gasteiger charge is 2.21. The summed E-state index contributed by atoms with van der Waals surface area (Å²) in [6.07, 6.45) is 1.58. The summed E-state index contributed by atoms with van der Waals surface area (Å²) in [5.74, 6) is -0.464. The van der Waals surface area contributed by atoms with Gasteiger partial charge in [0.1, 0.15) is 4.88 Å². The summed E-state index contributed by atoms with van der Waals surface area (Å²) < 4.78 is 0. The standard InChI is InChI=1S/C18H23N3O2S/c1-11(2)20-15(22)12-8-6-7-9-13(12)21-16(23)14-10-19-17(24-14)18(3,4)5/h6-11H,1-5H3,(H,20,22)(H,21,23). The summed E-state index contributed by atoms with van der Waals surface area (Å²) in [5.41, 5.74) is 0.838. The third-order valence-corrected chi connectivity index (χ3v) is 4.63. The molecular weight excluding hydrogens is 322 g/mol. The summed E-state index contributed by atoms with van der Waals surface area (Å²) in [6, 6.07) is 7.00. The first-order valence-corrected chi connectivity index (χ1v) is 8.67. The molecule has 1 aromatic carbocycles. The molecule has 0 fully saturated rings. The van der Waals surface area contributed by atoms with Crippen LogP contribution in [0.2, 0.25) is 0 Å². The lowest BCUT2D eigenvalue weighted by atomic mass is 9.98. The Morgan fingerprint density at radius 3 is 2.38 bits per heavy atom. The molecule has 1 heterocycles. The first-order valence-electron chi connectivity index (χ1n) is 7.86. The predicted molar refractivity (Wildman–Crippen MR) is 97.8 cm³/mol. The third kappa shape index (κ3) is 4.41. The van der Waals surface area contributed by atoms with Crippen LogP contribution in [0.15, 0.2) is 30.5 Å². The fourth-order valence-electron chi connectivity index (χ4n) is 2.04. The molecule has 2 rings (SSSR count). The minimum atomic E-state index is -0.257. The van der Waals surface area contributed by atoms with Gasteiger partial charge in [0.2, 0.25) is 0 Å². The van der Waals surface area contributed by atoms with Crippen LogP contribution in [0.1, 0.15) is 59.7 Å². The number of nitrogens with one attached hydrogen (secondary N) is 2. The second-order valence-electron chi connectivity index (χ2n) is 6.91. The second-order valence-corrected chi connectivity index (χ2v) is 7.94. The lowest BCUT2D eigenvalue weighted by molar-refractivity contribution is 0.0944. The van der Waals surface area contributed by atoms with Gasteiger partial charge in [0.25, 0.3) is 11.8 Å².